The highest BCUT2D eigenvalue weighted by Crippen LogP contribution is 2.34. The molecule has 6 atom stereocenters. The summed E-state index contributed by atoms with van der Waals surface area (Å²) in [5.74, 6) is 4.77. The maximum Gasteiger partial charge on any atom is 0.338 e. The zero-order chi connectivity index (χ0) is 55.4. The van der Waals surface area contributed by atoms with Gasteiger partial charge in [-0.25, -0.2) is 19.6 Å². The number of nitrogens with zero attached hydrogens (tertiary/aromatic N) is 2. The largest absolute Gasteiger partial charge is 0.497 e. The summed E-state index contributed by atoms with van der Waals surface area (Å²) >= 11 is 2.30. The number of rotatable bonds is 22. The topological polar surface area (TPSA) is 171 Å². The molecule has 0 aliphatic heterocycles. The molecule has 0 bridgehead atoms. The number of hydrogen-bond donors (Lipinski definition) is 1. The molecule has 2 aliphatic carbocycles. The van der Waals surface area contributed by atoms with Crippen LogP contribution in [0.2, 0.25) is 0 Å². The maximum absolute atomic E-state index is 12.9. The fourth-order valence-electron chi connectivity index (χ4n) is 9.25. The number of alkyl halides is 1. The van der Waals surface area contributed by atoms with Gasteiger partial charge in [0.05, 0.1) is 51.9 Å². The van der Waals surface area contributed by atoms with Crippen LogP contribution in [0.15, 0.2) is 57.4 Å². The number of carbonyl (C=O) groups is 2. The number of methoxy groups -OCH3 is 2. The number of aryl methyl sites for hydroxylation is 2. The van der Waals surface area contributed by atoms with Crippen molar-refractivity contribution in [2.75, 3.05) is 27.4 Å². The Bertz CT molecular complexity index is 2310. The monoisotopic (exact) mass is 1160 g/mol. The summed E-state index contributed by atoms with van der Waals surface area (Å²) in [6.07, 6.45) is 12.3. The highest BCUT2D eigenvalue weighted by molar-refractivity contribution is 14.1. The molecule has 0 radical (unpaired) electrons. The molecule has 2 unspecified atom stereocenters. The summed E-state index contributed by atoms with van der Waals surface area (Å²) in [6.45, 7) is 24.7. The summed E-state index contributed by atoms with van der Waals surface area (Å²) in [7, 11) is 3.30. The second-order valence-corrected chi connectivity index (χ2v) is 23.1. The first-order chi connectivity index (χ1) is 35.5. The van der Waals surface area contributed by atoms with Gasteiger partial charge in [0, 0.05) is 28.4 Å². The summed E-state index contributed by atoms with van der Waals surface area (Å²) in [4.78, 5) is 34.5. The Hall–Kier alpha value is -4.03. The quantitative estimate of drug-likeness (QED) is 0.0448. The Kier molecular flexibility index (Phi) is 25.6. The van der Waals surface area contributed by atoms with Gasteiger partial charge in [0.25, 0.3) is 0 Å². The van der Waals surface area contributed by atoms with Crippen molar-refractivity contribution in [1.82, 2.24) is 9.97 Å². The normalized spacial score (nSPS) is 19.5. The van der Waals surface area contributed by atoms with E-state index in [1.807, 2.05) is 111 Å². The molecule has 2 saturated carbocycles. The number of aromatic nitrogens is 2. The number of halogens is 1. The van der Waals surface area contributed by atoms with Gasteiger partial charge in [-0.3, -0.25) is 0 Å². The van der Waals surface area contributed by atoms with E-state index in [4.69, 9.17) is 47.0 Å². The molecule has 75 heavy (non-hydrogen) atoms. The van der Waals surface area contributed by atoms with Crippen LogP contribution in [0.1, 0.15) is 183 Å². The number of aliphatic hydroxyl groups is 1. The zero-order valence-corrected chi connectivity index (χ0v) is 50.0. The third kappa shape index (κ3) is 20.7. The van der Waals surface area contributed by atoms with Crippen LogP contribution in [0, 0.1) is 11.8 Å². The molecule has 0 amide bonds. The van der Waals surface area contributed by atoms with Crippen LogP contribution in [0.3, 0.4) is 0 Å². The van der Waals surface area contributed by atoms with Crippen molar-refractivity contribution in [1.29, 1.82) is 0 Å². The van der Waals surface area contributed by atoms with E-state index in [2.05, 4.69) is 48.3 Å². The predicted octanol–water partition coefficient (Wildman–Crippen LogP) is 14.2. The van der Waals surface area contributed by atoms with Crippen LogP contribution in [-0.2, 0) is 57.1 Å². The van der Waals surface area contributed by atoms with E-state index < -0.39 is 22.4 Å². The lowest BCUT2D eigenvalue weighted by Gasteiger charge is -2.34. The van der Waals surface area contributed by atoms with Gasteiger partial charge in [-0.2, -0.15) is 0 Å². The molecule has 420 valence electrons. The van der Waals surface area contributed by atoms with Crippen molar-refractivity contribution in [3.63, 3.8) is 0 Å². The lowest BCUT2D eigenvalue weighted by atomic mass is 9.87. The second-order valence-electron chi connectivity index (χ2n) is 22.3. The summed E-state index contributed by atoms with van der Waals surface area (Å²) < 4.78 is 53.0. The maximum atomic E-state index is 12.9. The van der Waals surface area contributed by atoms with Gasteiger partial charge in [0.2, 0.25) is 11.8 Å². The Labute approximate surface area is 462 Å². The van der Waals surface area contributed by atoms with Gasteiger partial charge in [-0.15, -0.1) is 0 Å². The molecule has 0 spiro atoms. The van der Waals surface area contributed by atoms with Crippen LogP contribution in [-0.4, -0.2) is 89.1 Å². The highest BCUT2D eigenvalue weighted by Gasteiger charge is 2.40. The van der Waals surface area contributed by atoms with Crippen LogP contribution in [0.5, 0.6) is 11.5 Å². The summed E-state index contributed by atoms with van der Waals surface area (Å²) in [5, 5.41) is 9.73. The predicted molar refractivity (Wildman–Crippen MR) is 302 cm³/mol. The first-order valence-electron chi connectivity index (χ1n) is 27.4. The number of carbonyl (C=O) groups excluding carboxylic acids is 2. The van der Waals surface area contributed by atoms with Crippen LogP contribution in [0.4, 0.5) is 0 Å². The highest BCUT2D eigenvalue weighted by atomic mass is 127. The standard InChI is InChI=1S/C30H45NO6.C17H32O4.C13H14INO2/c1-8-16-30(6,28(32)37-29(3,4)5)35-19-21-12-10-15-24(17-21)34-20-25-26(9-2)36-27(31-25)22-13-11-14-23(18-22)33-7;1-6-10-17(5,15(19)21-16(2,3)4)20-12-13-8-7-9-14(18)11-13;1-3-12-11(8-14)15-13(17-12)9-5-4-6-10(7-9)16-2/h11,13-14,18,21,24H,8-10,12,15-17,19-20H2,1-7H3;13-14,18H,6-12H2,1-5H3;4-7H,3,8H2,1-2H3/t21-,24+,30?;13-,14+,17?;/m11./s1. The minimum atomic E-state index is -0.927. The van der Waals surface area contributed by atoms with Crippen LogP contribution in [0.25, 0.3) is 22.9 Å². The van der Waals surface area contributed by atoms with Crippen molar-refractivity contribution in [3.8, 4) is 34.4 Å². The zero-order valence-electron chi connectivity index (χ0n) is 47.9. The van der Waals surface area contributed by atoms with E-state index in [0.717, 1.165) is 127 Å². The minimum absolute atomic E-state index is 0.128. The number of aliphatic hydroxyl groups excluding tert-OH is 1. The second kappa shape index (κ2) is 30.2. The summed E-state index contributed by atoms with van der Waals surface area (Å²) in [6, 6.07) is 15.5. The molecule has 2 heterocycles. The molecule has 2 aromatic carbocycles. The van der Waals surface area contributed by atoms with Crippen molar-refractivity contribution < 1.29 is 56.7 Å². The number of ether oxygens (including phenoxy) is 7. The third-order valence-electron chi connectivity index (χ3n) is 13.3. The van der Waals surface area contributed by atoms with Gasteiger partial charge in [0.15, 0.2) is 11.2 Å². The smallest absolute Gasteiger partial charge is 0.338 e. The Morgan fingerprint density at radius 3 is 1.52 bits per heavy atom. The van der Waals surface area contributed by atoms with Gasteiger partial charge in [-0.1, -0.05) is 88.1 Å². The molecule has 0 saturated heterocycles. The third-order valence-corrected chi connectivity index (χ3v) is 14.0. The van der Waals surface area contributed by atoms with E-state index in [1.54, 1.807) is 14.2 Å². The SMILES string of the molecule is CCCC(C)(OC[C@@H]1CCC[C@H](O)C1)C(=O)OC(C)(C)C.CCCC(C)(OC[C@@H]1CCC[C@H](OCc2nc(-c3cccc(OC)c3)oc2CC)C1)C(=O)OC(C)(C)C.CCc1oc(-c2cccc(OC)c2)nc1CI. The van der Waals surface area contributed by atoms with Crippen molar-refractivity contribution in [2.24, 2.45) is 11.8 Å². The number of benzene rings is 2. The van der Waals surface area contributed by atoms with E-state index >= 15 is 0 Å². The van der Waals surface area contributed by atoms with E-state index in [-0.39, 0.29) is 24.1 Å². The number of hydrogen-bond acceptors (Lipinski definition) is 14. The minimum Gasteiger partial charge on any atom is -0.497 e. The van der Waals surface area contributed by atoms with Gasteiger partial charge < -0.3 is 47.1 Å². The first-order valence-corrected chi connectivity index (χ1v) is 28.9. The van der Waals surface area contributed by atoms with Gasteiger partial charge in [0.1, 0.15) is 39.9 Å². The summed E-state index contributed by atoms with van der Waals surface area (Å²) in [5.41, 5.74) is 0.865. The lowest BCUT2D eigenvalue weighted by molar-refractivity contribution is -0.185. The first kappa shape index (κ1) is 63.5. The molecule has 2 aromatic heterocycles. The molecule has 14 nitrogen and oxygen atoms in total. The molecular formula is C60H91IN2O12. The average molecular weight is 1160 g/mol. The Balaban J connectivity index is 0.000000269. The number of esters is 2. The van der Waals surface area contributed by atoms with Crippen molar-refractivity contribution in [3.05, 3.63) is 71.4 Å². The fourth-order valence-corrected chi connectivity index (χ4v) is 9.84. The number of oxazole rings is 2. The molecule has 6 rings (SSSR count). The molecule has 2 aliphatic rings. The molecule has 15 heteroatoms. The van der Waals surface area contributed by atoms with E-state index in [1.165, 1.54) is 0 Å². The van der Waals surface area contributed by atoms with Gasteiger partial charge >= 0.3 is 11.9 Å². The van der Waals surface area contributed by atoms with Crippen molar-refractivity contribution >= 4 is 34.5 Å². The van der Waals surface area contributed by atoms with E-state index in [9.17, 15) is 14.7 Å². The fraction of sp³-hybridized carbons (Fsp3) is 0.667. The molecule has 2 fully saturated rings. The molecule has 4 aromatic rings. The van der Waals surface area contributed by atoms with Crippen molar-refractivity contribution in [2.45, 2.75) is 219 Å². The van der Waals surface area contributed by atoms with Crippen LogP contribution < -0.4 is 9.47 Å². The Morgan fingerprint density at radius 1 is 0.653 bits per heavy atom. The van der Waals surface area contributed by atoms with Crippen LogP contribution >= 0.6 is 22.6 Å². The lowest BCUT2D eigenvalue weighted by Crippen LogP contribution is -2.44. The average Bonchev–Trinajstić information content (AvgIpc) is 4.01. The van der Waals surface area contributed by atoms with Gasteiger partial charge in [-0.05, 0) is 155 Å². The Morgan fingerprint density at radius 2 is 1.11 bits per heavy atom. The van der Waals surface area contributed by atoms with E-state index in [0.29, 0.717) is 56.3 Å². The molecular weight excluding hydrogens is 1070 g/mol. The molecule has 1 N–H and O–H groups in total.